The van der Waals surface area contributed by atoms with E-state index in [1.165, 1.54) is 20.0 Å². The summed E-state index contributed by atoms with van der Waals surface area (Å²) in [5.74, 6) is -0.195. The lowest BCUT2D eigenvalue weighted by Crippen LogP contribution is -2.38. The van der Waals surface area contributed by atoms with Gasteiger partial charge in [-0.3, -0.25) is 4.90 Å². The number of hydrogen-bond acceptors (Lipinski definition) is 3. The summed E-state index contributed by atoms with van der Waals surface area (Å²) in [6, 6.07) is 0. The Balaban J connectivity index is 2.60. The lowest BCUT2D eigenvalue weighted by Gasteiger charge is -2.30. The highest BCUT2D eigenvalue weighted by Gasteiger charge is 2.30. The van der Waals surface area contributed by atoms with Crippen LogP contribution in [0.1, 0.15) is 40.0 Å². The third kappa shape index (κ3) is 3.08. The van der Waals surface area contributed by atoms with Crippen molar-refractivity contribution < 1.29 is 9.53 Å². The molecule has 0 N–H and O–H groups in total. The molecule has 1 fully saturated rings. The Hall–Kier alpha value is -0.830. The number of methoxy groups -OCH3 is 1. The van der Waals surface area contributed by atoms with E-state index >= 15 is 0 Å². The van der Waals surface area contributed by atoms with Crippen molar-refractivity contribution in [3.05, 3.63) is 11.6 Å². The zero-order valence-electron chi connectivity index (χ0n) is 10.9. The minimum atomic E-state index is -0.195. The molecule has 0 radical (unpaired) electrons. The van der Waals surface area contributed by atoms with Gasteiger partial charge in [-0.25, -0.2) is 4.79 Å². The number of likely N-dealkylation sites (tertiary alicyclic amines) is 1. The number of rotatable bonds is 4. The van der Waals surface area contributed by atoms with Gasteiger partial charge in [0.15, 0.2) is 0 Å². The molecule has 0 aromatic carbocycles. The van der Waals surface area contributed by atoms with Crippen LogP contribution >= 0.6 is 0 Å². The molecule has 92 valence electrons. The van der Waals surface area contributed by atoms with E-state index in [-0.39, 0.29) is 11.5 Å². The van der Waals surface area contributed by atoms with Crippen molar-refractivity contribution in [2.24, 2.45) is 0 Å². The van der Waals surface area contributed by atoms with Crippen LogP contribution in [0, 0.1) is 0 Å². The molecule has 16 heavy (non-hydrogen) atoms. The average molecular weight is 225 g/mol. The highest BCUT2D eigenvalue weighted by molar-refractivity contribution is 5.88. The molecule has 0 aliphatic carbocycles. The van der Waals surface area contributed by atoms with Crippen molar-refractivity contribution in [1.82, 2.24) is 4.90 Å². The summed E-state index contributed by atoms with van der Waals surface area (Å²) >= 11 is 0. The molecular formula is C13H23NO2. The number of ether oxygens (including phenoxy) is 1. The van der Waals surface area contributed by atoms with Crippen LogP contribution in [0.4, 0.5) is 0 Å². The predicted octanol–water partition coefficient (Wildman–Crippen LogP) is 2.37. The van der Waals surface area contributed by atoms with Crippen LogP contribution in [0.15, 0.2) is 11.6 Å². The molecule has 1 saturated heterocycles. The summed E-state index contributed by atoms with van der Waals surface area (Å²) < 4.78 is 4.74. The molecule has 3 heteroatoms. The molecule has 0 amide bonds. The first-order valence-corrected chi connectivity index (χ1v) is 6.03. The second-order valence-corrected chi connectivity index (χ2v) is 4.94. The van der Waals surface area contributed by atoms with Gasteiger partial charge in [-0.1, -0.05) is 13.0 Å². The van der Waals surface area contributed by atoms with Crippen LogP contribution in [-0.2, 0) is 9.53 Å². The van der Waals surface area contributed by atoms with E-state index in [1.807, 2.05) is 13.0 Å². The number of carbonyl (C=O) groups is 1. The maximum atomic E-state index is 11.4. The van der Waals surface area contributed by atoms with Gasteiger partial charge in [0.25, 0.3) is 0 Å². The maximum absolute atomic E-state index is 11.4. The van der Waals surface area contributed by atoms with Crippen molar-refractivity contribution >= 4 is 5.97 Å². The van der Waals surface area contributed by atoms with Gasteiger partial charge in [0.05, 0.1) is 7.11 Å². The second-order valence-electron chi connectivity index (χ2n) is 4.94. The zero-order valence-corrected chi connectivity index (χ0v) is 10.9. The summed E-state index contributed by atoms with van der Waals surface area (Å²) in [5.41, 5.74) is 1.05. The largest absolute Gasteiger partial charge is 0.466 e. The smallest absolute Gasteiger partial charge is 0.333 e. The highest BCUT2D eigenvalue weighted by Crippen LogP contribution is 2.27. The molecule has 0 aromatic rings. The average Bonchev–Trinajstić information content (AvgIpc) is 2.58. The molecule has 3 nitrogen and oxygen atoms in total. The fourth-order valence-electron chi connectivity index (χ4n) is 2.23. The van der Waals surface area contributed by atoms with Crippen molar-refractivity contribution in [2.75, 3.05) is 20.2 Å². The van der Waals surface area contributed by atoms with Crippen molar-refractivity contribution in [3.8, 4) is 0 Å². The summed E-state index contributed by atoms with van der Waals surface area (Å²) in [5, 5.41) is 0. The Morgan fingerprint density at radius 2 is 2.19 bits per heavy atom. The van der Waals surface area contributed by atoms with Crippen LogP contribution in [0.25, 0.3) is 0 Å². The summed E-state index contributed by atoms with van der Waals surface area (Å²) in [6.45, 7) is 8.49. The lowest BCUT2D eigenvalue weighted by atomic mass is 10.0. The Bertz CT molecular complexity index is 282. The molecule has 0 aromatic heterocycles. The Labute approximate surface area is 98.5 Å². The molecule has 1 rings (SSSR count). The molecular weight excluding hydrogens is 202 g/mol. The fourth-order valence-corrected chi connectivity index (χ4v) is 2.23. The van der Waals surface area contributed by atoms with Crippen LogP contribution in [0.5, 0.6) is 0 Å². The van der Waals surface area contributed by atoms with E-state index in [0.717, 1.165) is 25.1 Å². The number of hydrogen-bond donors (Lipinski definition) is 0. The summed E-state index contributed by atoms with van der Waals surface area (Å²) in [6.07, 6.45) is 5.24. The van der Waals surface area contributed by atoms with E-state index < -0.39 is 0 Å². The molecule has 1 aliphatic heterocycles. The first kappa shape index (κ1) is 13.2. The Kier molecular flexibility index (Phi) is 4.54. The van der Waals surface area contributed by atoms with Gasteiger partial charge in [-0.15, -0.1) is 0 Å². The van der Waals surface area contributed by atoms with Crippen molar-refractivity contribution in [2.45, 2.75) is 45.6 Å². The van der Waals surface area contributed by atoms with E-state index in [1.54, 1.807) is 0 Å². The number of esters is 1. The minimum Gasteiger partial charge on any atom is -0.466 e. The van der Waals surface area contributed by atoms with Gasteiger partial charge in [0, 0.05) is 17.7 Å². The van der Waals surface area contributed by atoms with Crippen molar-refractivity contribution in [1.29, 1.82) is 0 Å². The monoisotopic (exact) mass is 225 g/mol. The quantitative estimate of drug-likeness (QED) is 0.543. The highest BCUT2D eigenvalue weighted by atomic mass is 16.5. The van der Waals surface area contributed by atoms with Crippen molar-refractivity contribution in [3.63, 3.8) is 0 Å². The van der Waals surface area contributed by atoms with Crippen LogP contribution in [-0.4, -0.2) is 36.6 Å². The molecule has 1 heterocycles. The Morgan fingerprint density at radius 1 is 1.50 bits per heavy atom. The van der Waals surface area contributed by atoms with Gasteiger partial charge >= 0.3 is 5.97 Å². The van der Waals surface area contributed by atoms with Crippen LogP contribution in [0.2, 0.25) is 0 Å². The zero-order chi connectivity index (χ0) is 12.2. The normalized spacial score (nSPS) is 21.1. The molecule has 0 bridgehead atoms. The van der Waals surface area contributed by atoms with Gasteiger partial charge < -0.3 is 4.74 Å². The third-order valence-electron chi connectivity index (χ3n) is 3.46. The second kappa shape index (κ2) is 5.48. The predicted molar refractivity (Wildman–Crippen MR) is 65.3 cm³/mol. The molecule has 0 atom stereocenters. The maximum Gasteiger partial charge on any atom is 0.333 e. The van der Waals surface area contributed by atoms with Crippen LogP contribution < -0.4 is 0 Å². The standard InChI is InChI=1S/C13H23NO2/c1-5-11(12(15)16-4)7-10-14-9-6-8-13(14,2)3/h7H,5-6,8-10H2,1-4H3. The van der Waals surface area contributed by atoms with Gasteiger partial charge in [0.2, 0.25) is 0 Å². The molecule has 0 saturated carbocycles. The topological polar surface area (TPSA) is 29.5 Å². The van der Waals surface area contributed by atoms with E-state index in [4.69, 9.17) is 4.74 Å². The SMILES string of the molecule is CCC(=CCN1CCCC1(C)C)C(=O)OC. The molecule has 0 unspecified atom stereocenters. The first-order valence-electron chi connectivity index (χ1n) is 6.03. The van der Waals surface area contributed by atoms with Crippen LogP contribution in [0.3, 0.4) is 0 Å². The lowest BCUT2D eigenvalue weighted by molar-refractivity contribution is -0.136. The van der Waals surface area contributed by atoms with E-state index in [0.29, 0.717) is 0 Å². The molecule has 0 spiro atoms. The van der Waals surface area contributed by atoms with Gasteiger partial charge in [0.1, 0.15) is 0 Å². The van der Waals surface area contributed by atoms with Gasteiger partial charge in [-0.2, -0.15) is 0 Å². The first-order chi connectivity index (χ1) is 7.51. The summed E-state index contributed by atoms with van der Waals surface area (Å²) in [7, 11) is 1.44. The van der Waals surface area contributed by atoms with E-state index in [9.17, 15) is 4.79 Å². The summed E-state index contributed by atoms with van der Waals surface area (Å²) in [4.78, 5) is 13.8. The van der Waals surface area contributed by atoms with Gasteiger partial charge in [-0.05, 0) is 39.7 Å². The molecule has 1 aliphatic rings. The number of carbonyl (C=O) groups excluding carboxylic acids is 1. The third-order valence-corrected chi connectivity index (χ3v) is 3.46. The Morgan fingerprint density at radius 3 is 2.62 bits per heavy atom. The fraction of sp³-hybridized carbons (Fsp3) is 0.769. The van der Waals surface area contributed by atoms with E-state index in [2.05, 4.69) is 18.7 Å². The number of nitrogens with zero attached hydrogens (tertiary/aromatic N) is 1. The minimum absolute atomic E-state index is 0.195.